The third-order valence-corrected chi connectivity index (χ3v) is 7.04. The Labute approximate surface area is 85.5 Å². The Morgan fingerprint density at radius 1 is 1.00 bits per heavy atom. The molecular weight excluding hydrogens is 233 g/mol. The molecule has 0 N–H and O–H groups in total. The van der Waals surface area contributed by atoms with Crippen molar-refractivity contribution in [2.45, 2.75) is 37.2 Å². The number of rotatable bonds is 2. The fourth-order valence-electron chi connectivity index (χ4n) is 0.793. The summed E-state index contributed by atoms with van der Waals surface area (Å²) in [6.45, 7) is 4.59. The predicted octanol–water partition coefficient (Wildman–Crippen LogP) is 3.19. The van der Waals surface area contributed by atoms with Crippen LogP contribution in [0, 0.1) is 0 Å². The van der Waals surface area contributed by atoms with Crippen molar-refractivity contribution < 1.29 is 0 Å². The van der Waals surface area contributed by atoms with Crippen molar-refractivity contribution in [1.29, 1.82) is 0 Å². The van der Waals surface area contributed by atoms with E-state index in [0.29, 0.717) is 0 Å². The Balaban J connectivity index is 0.000000187. The van der Waals surface area contributed by atoms with E-state index in [2.05, 4.69) is 13.8 Å². The second kappa shape index (κ2) is 11.2. The van der Waals surface area contributed by atoms with Crippen molar-refractivity contribution in [2.24, 2.45) is 0 Å². The minimum absolute atomic E-state index is 0.0972. The molecule has 0 unspecified atom stereocenters. The van der Waals surface area contributed by atoms with E-state index in [9.17, 15) is 0 Å². The van der Waals surface area contributed by atoms with Gasteiger partial charge in [-0.15, -0.1) is 0 Å². The second-order valence-electron chi connectivity index (χ2n) is 2.70. The van der Waals surface area contributed by atoms with Crippen LogP contribution in [0.2, 0.25) is 10.5 Å². The molecule has 0 aliphatic carbocycles. The van der Waals surface area contributed by atoms with Gasteiger partial charge in [0.2, 0.25) is 0 Å². The van der Waals surface area contributed by atoms with Crippen LogP contribution in [0.5, 0.6) is 0 Å². The fraction of sp³-hybridized carbons (Fsp3) is 1.00. The first-order chi connectivity index (χ1) is 5.41. The molecule has 0 spiro atoms. The zero-order chi connectivity index (χ0) is 8.36. The van der Waals surface area contributed by atoms with Crippen LogP contribution in [0.4, 0.5) is 0 Å². The van der Waals surface area contributed by atoms with E-state index in [0.717, 1.165) is 0 Å². The van der Waals surface area contributed by atoms with Gasteiger partial charge in [0, 0.05) is 11.5 Å². The monoisotopic (exact) mass is 254 g/mol. The van der Waals surface area contributed by atoms with Crippen LogP contribution < -0.4 is 0 Å². The van der Waals surface area contributed by atoms with Crippen molar-refractivity contribution in [1.82, 2.24) is 0 Å². The topological polar surface area (TPSA) is 0 Å². The van der Waals surface area contributed by atoms with E-state index in [4.69, 9.17) is 0 Å². The summed E-state index contributed by atoms with van der Waals surface area (Å²) in [5, 5.41) is 3.06. The molecule has 1 rings (SSSR count). The van der Waals surface area contributed by atoms with E-state index in [1.807, 2.05) is 21.6 Å². The molecule has 0 amide bonds. The van der Waals surface area contributed by atoms with Crippen molar-refractivity contribution in [3.63, 3.8) is 0 Å². The average molecular weight is 253 g/mol. The van der Waals surface area contributed by atoms with Crippen LogP contribution in [0.25, 0.3) is 0 Å². The van der Waals surface area contributed by atoms with Crippen molar-refractivity contribution >= 4 is 37.0 Å². The van der Waals surface area contributed by atoms with Gasteiger partial charge >= 0.3 is 39.8 Å². The van der Waals surface area contributed by atoms with E-state index in [-0.39, 0.29) is 15.4 Å². The van der Waals surface area contributed by atoms with Gasteiger partial charge in [0.15, 0.2) is 0 Å². The molecule has 11 heavy (non-hydrogen) atoms. The summed E-state index contributed by atoms with van der Waals surface area (Å²) < 4.78 is 0. The molecule has 0 aromatic heterocycles. The first-order valence-corrected chi connectivity index (χ1v) is 11.3. The van der Waals surface area contributed by atoms with Crippen molar-refractivity contribution in [3.05, 3.63) is 0 Å². The third-order valence-electron chi connectivity index (χ3n) is 1.50. The van der Waals surface area contributed by atoms with Gasteiger partial charge in [-0.2, -0.15) is 0 Å². The summed E-state index contributed by atoms with van der Waals surface area (Å²) in [5.74, 6) is 2.76. The van der Waals surface area contributed by atoms with E-state index in [1.54, 1.807) is 0 Å². The van der Waals surface area contributed by atoms with E-state index < -0.39 is 0 Å². The van der Waals surface area contributed by atoms with E-state index in [1.165, 1.54) is 34.9 Å². The Kier molecular flexibility index (Phi) is 12.5. The molecule has 0 saturated carbocycles. The van der Waals surface area contributed by atoms with E-state index >= 15 is 0 Å². The van der Waals surface area contributed by atoms with Crippen molar-refractivity contribution in [3.8, 4) is 0 Å². The third kappa shape index (κ3) is 11.2. The van der Waals surface area contributed by atoms with Gasteiger partial charge in [0.1, 0.15) is 0 Å². The first-order valence-electron chi connectivity index (χ1n) is 4.66. The van der Waals surface area contributed by atoms with Crippen LogP contribution in [-0.4, -0.2) is 26.9 Å². The summed E-state index contributed by atoms with van der Waals surface area (Å²) in [5.41, 5.74) is 0. The molecule has 1 heterocycles. The van der Waals surface area contributed by atoms with Gasteiger partial charge in [-0.25, -0.2) is 0 Å². The molecular formula is C8H20GeS2. The normalized spacial score (nSPS) is 16.9. The summed E-state index contributed by atoms with van der Waals surface area (Å²) in [6.07, 6.45) is 2.88. The molecule has 0 radical (unpaired) electrons. The molecule has 1 aliphatic rings. The molecule has 68 valence electrons. The van der Waals surface area contributed by atoms with Crippen LogP contribution in [-0.2, 0) is 0 Å². The molecule has 0 atom stereocenters. The molecule has 1 saturated heterocycles. The van der Waals surface area contributed by atoms with Crippen LogP contribution >= 0.6 is 21.6 Å². The standard InChI is InChI=1S/C4H12Ge.C4H8S2/c1-3-5-4-2;1-2-4-6-5-3-1/h3-5H2,1-2H3;1-4H2. The minimum atomic E-state index is 0.0972. The quantitative estimate of drug-likeness (QED) is 0.547. The molecule has 1 aliphatic heterocycles. The molecule has 0 bridgehead atoms. The zero-order valence-corrected chi connectivity index (χ0v) is 12.4. The zero-order valence-electron chi connectivity index (χ0n) is 7.77. The van der Waals surface area contributed by atoms with Gasteiger partial charge in [0.05, 0.1) is 0 Å². The Morgan fingerprint density at radius 3 is 1.55 bits per heavy atom. The molecule has 3 heteroatoms. The number of hydrogen-bond acceptors (Lipinski definition) is 2. The average Bonchev–Trinajstić information content (AvgIpc) is 2.10. The van der Waals surface area contributed by atoms with Crippen LogP contribution in [0.15, 0.2) is 0 Å². The Hall–Kier alpha value is 1.24. The molecule has 1 fully saturated rings. The Bertz CT molecular complexity index is 51.6. The van der Waals surface area contributed by atoms with Gasteiger partial charge < -0.3 is 0 Å². The molecule has 0 aromatic carbocycles. The first kappa shape index (κ1) is 12.2. The molecule has 0 aromatic rings. The summed E-state index contributed by atoms with van der Waals surface area (Å²) in [7, 11) is 4.02. The van der Waals surface area contributed by atoms with Gasteiger partial charge in [0.25, 0.3) is 0 Å². The van der Waals surface area contributed by atoms with Gasteiger partial charge in [-0.3, -0.25) is 0 Å². The van der Waals surface area contributed by atoms with Gasteiger partial charge in [-0.1, -0.05) is 21.6 Å². The predicted molar refractivity (Wildman–Crippen MR) is 63.7 cm³/mol. The van der Waals surface area contributed by atoms with Crippen molar-refractivity contribution in [2.75, 3.05) is 11.5 Å². The molecule has 0 nitrogen and oxygen atoms in total. The summed E-state index contributed by atoms with van der Waals surface area (Å²) in [6, 6.07) is 0. The summed E-state index contributed by atoms with van der Waals surface area (Å²) >= 11 is 0.0972. The van der Waals surface area contributed by atoms with Gasteiger partial charge in [-0.05, 0) is 12.8 Å². The SMILES string of the molecule is C1CCSSC1.C[CH2][GeH2][CH2]C. The fourth-order valence-corrected chi connectivity index (χ4v) is 4.57. The van der Waals surface area contributed by atoms with Crippen LogP contribution in [0.3, 0.4) is 0 Å². The maximum absolute atomic E-state index is 2.30. The maximum atomic E-state index is 2.30. The number of hydrogen-bond donors (Lipinski definition) is 0. The Morgan fingerprint density at radius 2 is 1.45 bits per heavy atom. The second-order valence-corrected chi connectivity index (χ2v) is 11.1. The van der Waals surface area contributed by atoms with Crippen LogP contribution in [0.1, 0.15) is 26.7 Å². The summed E-state index contributed by atoms with van der Waals surface area (Å²) in [4.78, 5) is 0.